The van der Waals surface area contributed by atoms with E-state index in [2.05, 4.69) is 5.32 Å². The summed E-state index contributed by atoms with van der Waals surface area (Å²) in [5.74, 6) is 1.31. The van der Waals surface area contributed by atoms with Gasteiger partial charge in [-0.2, -0.15) is 0 Å². The minimum absolute atomic E-state index is 0.0476. The van der Waals surface area contributed by atoms with Crippen LogP contribution >= 0.6 is 0 Å². The predicted molar refractivity (Wildman–Crippen MR) is 92.0 cm³/mol. The molecule has 7 nitrogen and oxygen atoms in total. The van der Waals surface area contributed by atoms with Crippen LogP contribution in [0.4, 0.5) is 5.69 Å². The lowest BCUT2D eigenvalue weighted by atomic mass is 10.0. The first-order valence-corrected chi connectivity index (χ1v) is 10.2. The number of nitrogens with zero attached hydrogens (tertiary/aromatic N) is 1. The third kappa shape index (κ3) is 2.97. The SMILES string of the molecule is CCCS(=O)(=O)N1CCC2(CC2C(=O)Nc2ccc3c(c2)OCO3)C1. The minimum Gasteiger partial charge on any atom is -0.454 e. The molecule has 1 aromatic rings. The van der Waals surface area contributed by atoms with Crippen LogP contribution in [0.2, 0.25) is 0 Å². The molecule has 1 amide bonds. The van der Waals surface area contributed by atoms with Gasteiger partial charge in [-0.05, 0) is 36.8 Å². The molecule has 0 bridgehead atoms. The van der Waals surface area contributed by atoms with Crippen LogP contribution < -0.4 is 14.8 Å². The Morgan fingerprint density at radius 1 is 1.36 bits per heavy atom. The number of hydrogen-bond donors (Lipinski definition) is 1. The first kappa shape index (κ1) is 16.7. The molecular weight excluding hydrogens is 344 g/mol. The zero-order valence-electron chi connectivity index (χ0n) is 14.2. The van der Waals surface area contributed by atoms with Crippen molar-refractivity contribution in [2.45, 2.75) is 26.2 Å². The number of carbonyl (C=O) groups is 1. The maximum absolute atomic E-state index is 12.6. The number of anilines is 1. The maximum Gasteiger partial charge on any atom is 0.231 e. The van der Waals surface area contributed by atoms with Crippen molar-refractivity contribution in [2.24, 2.45) is 11.3 Å². The molecular formula is C17H22N2O5S. The van der Waals surface area contributed by atoms with Gasteiger partial charge >= 0.3 is 0 Å². The Labute approximate surface area is 147 Å². The average molecular weight is 366 g/mol. The summed E-state index contributed by atoms with van der Waals surface area (Å²) in [6.07, 6.45) is 2.12. The Kier molecular flexibility index (Phi) is 3.92. The fraction of sp³-hybridized carbons (Fsp3) is 0.588. The second-order valence-corrected chi connectivity index (χ2v) is 9.16. The number of ether oxygens (including phenoxy) is 2. The Bertz CT molecular complexity index is 809. The van der Waals surface area contributed by atoms with Crippen molar-refractivity contribution < 1.29 is 22.7 Å². The molecule has 2 fully saturated rings. The molecule has 0 radical (unpaired) electrons. The lowest BCUT2D eigenvalue weighted by Gasteiger charge is -2.16. The normalized spacial score (nSPS) is 27.6. The van der Waals surface area contributed by atoms with Gasteiger partial charge in [0.1, 0.15) is 0 Å². The number of benzene rings is 1. The van der Waals surface area contributed by atoms with E-state index in [1.54, 1.807) is 22.5 Å². The molecule has 3 aliphatic rings. The third-order valence-electron chi connectivity index (χ3n) is 5.35. The van der Waals surface area contributed by atoms with Crippen molar-refractivity contribution in [2.75, 3.05) is 31.0 Å². The smallest absolute Gasteiger partial charge is 0.231 e. The number of amides is 1. The number of sulfonamides is 1. The van der Waals surface area contributed by atoms with Gasteiger partial charge in [0.25, 0.3) is 0 Å². The Hall–Kier alpha value is -1.80. The van der Waals surface area contributed by atoms with Gasteiger partial charge in [-0.3, -0.25) is 4.79 Å². The van der Waals surface area contributed by atoms with Crippen molar-refractivity contribution in [3.05, 3.63) is 18.2 Å². The number of rotatable bonds is 5. The second-order valence-electron chi connectivity index (χ2n) is 7.08. The van der Waals surface area contributed by atoms with E-state index in [1.165, 1.54) is 0 Å². The van der Waals surface area contributed by atoms with Gasteiger partial charge in [0.05, 0.1) is 5.75 Å². The molecule has 2 atom stereocenters. The summed E-state index contributed by atoms with van der Waals surface area (Å²) in [7, 11) is -3.18. The predicted octanol–water partition coefficient (Wildman–Crippen LogP) is 1.81. The molecule has 136 valence electrons. The van der Waals surface area contributed by atoms with Gasteiger partial charge in [-0.1, -0.05) is 6.92 Å². The monoisotopic (exact) mass is 366 g/mol. The van der Waals surface area contributed by atoms with Crippen LogP contribution in [0, 0.1) is 11.3 Å². The lowest BCUT2D eigenvalue weighted by molar-refractivity contribution is -0.118. The molecule has 4 rings (SSSR count). The molecule has 1 saturated carbocycles. The fourth-order valence-electron chi connectivity index (χ4n) is 3.85. The average Bonchev–Trinajstić information content (AvgIpc) is 2.90. The van der Waals surface area contributed by atoms with Crippen molar-refractivity contribution in [3.8, 4) is 11.5 Å². The molecule has 2 unspecified atom stereocenters. The van der Waals surface area contributed by atoms with E-state index < -0.39 is 10.0 Å². The molecule has 2 aliphatic heterocycles. The molecule has 1 N–H and O–H groups in total. The molecule has 1 aromatic carbocycles. The highest BCUT2D eigenvalue weighted by Gasteiger charge is 2.62. The van der Waals surface area contributed by atoms with Gasteiger partial charge in [0.2, 0.25) is 22.7 Å². The van der Waals surface area contributed by atoms with E-state index in [0.29, 0.717) is 36.7 Å². The maximum atomic E-state index is 12.6. The topological polar surface area (TPSA) is 84.9 Å². The largest absolute Gasteiger partial charge is 0.454 e. The lowest BCUT2D eigenvalue weighted by Crippen LogP contribution is -2.31. The minimum atomic E-state index is -3.18. The van der Waals surface area contributed by atoms with Gasteiger partial charge < -0.3 is 14.8 Å². The van der Waals surface area contributed by atoms with E-state index >= 15 is 0 Å². The Morgan fingerprint density at radius 2 is 2.16 bits per heavy atom. The third-order valence-corrected chi connectivity index (χ3v) is 7.37. The highest BCUT2D eigenvalue weighted by Crippen LogP contribution is 2.59. The summed E-state index contributed by atoms with van der Waals surface area (Å²) in [4.78, 5) is 12.6. The van der Waals surface area contributed by atoms with Crippen molar-refractivity contribution in [1.29, 1.82) is 0 Å². The number of fused-ring (bicyclic) bond motifs is 1. The zero-order chi connectivity index (χ0) is 17.7. The van der Waals surface area contributed by atoms with Crippen LogP contribution in [0.5, 0.6) is 11.5 Å². The van der Waals surface area contributed by atoms with Crippen LogP contribution in [-0.2, 0) is 14.8 Å². The second kappa shape index (κ2) is 5.88. The van der Waals surface area contributed by atoms with Gasteiger partial charge in [0.15, 0.2) is 11.5 Å². The van der Waals surface area contributed by atoms with E-state index in [4.69, 9.17) is 9.47 Å². The summed E-state index contributed by atoms with van der Waals surface area (Å²) in [5.41, 5.74) is 0.492. The molecule has 8 heteroatoms. The molecule has 0 aromatic heterocycles. The van der Waals surface area contributed by atoms with Crippen molar-refractivity contribution in [3.63, 3.8) is 0 Å². The summed E-state index contributed by atoms with van der Waals surface area (Å²) in [5, 5.41) is 2.92. The standard InChI is InChI=1S/C17H22N2O5S/c1-2-7-25(21,22)19-6-5-17(10-19)9-13(17)16(20)18-12-3-4-14-15(8-12)24-11-23-14/h3-4,8,13H,2,5-7,9-11H2,1H3,(H,18,20). The fourth-order valence-corrected chi connectivity index (χ4v) is 5.45. The first-order valence-electron chi connectivity index (χ1n) is 8.62. The highest BCUT2D eigenvalue weighted by atomic mass is 32.2. The van der Waals surface area contributed by atoms with Crippen LogP contribution in [0.1, 0.15) is 26.2 Å². The summed E-state index contributed by atoms with van der Waals surface area (Å²) < 4.78 is 36.6. The van der Waals surface area contributed by atoms with Crippen LogP contribution in [0.15, 0.2) is 18.2 Å². The van der Waals surface area contributed by atoms with Gasteiger partial charge in [-0.25, -0.2) is 12.7 Å². The number of nitrogens with one attached hydrogen (secondary N) is 1. The van der Waals surface area contributed by atoms with E-state index in [1.807, 2.05) is 6.92 Å². The van der Waals surface area contributed by atoms with Crippen LogP contribution in [0.3, 0.4) is 0 Å². The first-order chi connectivity index (χ1) is 11.9. The van der Waals surface area contributed by atoms with E-state index in [9.17, 15) is 13.2 Å². The summed E-state index contributed by atoms with van der Waals surface area (Å²) in [6, 6.07) is 5.31. The number of hydrogen-bond acceptors (Lipinski definition) is 5. The molecule has 25 heavy (non-hydrogen) atoms. The van der Waals surface area contributed by atoms with E-state index in [-0.39, 0.29) is 29.8 Å². The van der Waals surface area contributed by atoms with E-state index in [0.717, 1.165) is 12.8 Å². The van der Waals surface area contributed by atoms with Crippen LogP contribution in [0.25, 0.3) is 0 Å². The van der Waals surface area contributed by atoms with Gasteiger partial charge in [0, 0.05) is 30.8 Å². The molecule has 2 heterocycles. The Morgan fingerprint density at radius 3 is 2.96 bits per heavy atom. The summed E-state index contributed by atoms with van der Waals surface area (Å²) in [6.45, 7) is 3.05. The number of carbonyl (C=O) groups excluding carboxylic acids is 1. The summed E-state index contributed by atoms with van der Waals surface area (Å²) >= 11 is 0. The van der Waals surface area contributed by atoms with Crippen LogP contribution in [-0.4, -0.2) is 44.3 Å². The molecule has 1 spiro atoms. The van der Waals surface area contributed by atoms with Crippen molar-refractivity contribution >= 4 is 21.6 Å². The van der Waals surface area contributed by atoms with Crippen molar-refractivity contribution in [1.82, 2.24) is 4.31 Å². The highest BCUT2D eigenvalue weighted by molar-refractivity contribution is 7.89. The Balaban J connectivity index is 1.39. The van der Waals surface area contributed by atoms with Gasteiger partial charge in [-0.15, -0.1) is 0 Å². The quantitative estimate of drug-likeness (QED) is 0.859. The molecule has 1 saturated heterocycles. The molecule has 1 aliphatic carbocycles. The zero-order valence-corrected chi connectivity index (χ0v) is 15.0.